The van der Waals surface area contributed by atoms with E-state index < -0.39 is 9.84 Å². The van der Waals surface area contributed by atoms with E-state index in [1.54, 1.807) is 11.9 Å². The molecule has 1 aliphatic heterocycles. The quantitative estimate of drug-likeness (QED) is 0.557. The lowest BCUT2D eigenvalue weighted by atomic mass is 9.99. The van der Waals surface area contributed by atoms with Crippen molar-refractivity contribution in [2.45, 2.75) is 44.6 Å². The standard InChI is InChI=1S/C26H30N4O3S/c1-17(30(2)26(31)20-11-14-34(32,33)15-12-20)18-7-9-21(10-8-18)29-23-16-28-22-4-3-13-27-25(22)24(23)19-5-6-19/h3-4,7-10,13,16-17,19-20,29H,5-6,11-12,14-15H2,1-2H3/t17-/m1/s1. The fourth-order valence-corrected chi connectivity index (χ4v) is 6.26. The average molecular weight is 479 g/mol. The van der Waals surface area contributed by atoms with Gasteiger partial charge in [0.1, 0.15) is 9.84 Å². The minimum Gasteiger partial charge on any atom is -0.354 e. The molecule has 8 heteroatoms. The second-order valence-corrected chi connectivity index (χ2v) is 11.8. The summed E-state index contributed by atoms with van der Waals surface area (Å²) in [6.07, 6.45) is 6.89. The van der Waals surface area contributed by atoms with E-state index in [9.17, 15) is 13.2 Å². The van der Waals surface area contributed by atoms with Gasteiger partial charge >= 0.3 is 0 Å². The maximum Gasteiger partial charge on any atom is 0.225 e. The lowest BCUT2D eigenvalue weighted by molar-refractivity contribution is -0.136. The lowest BCUT2D eigenvalue weighted by Gasteiger charge is -2.31. The smallest absolute Gasteiger partial charge is 0.225 e. The molecule has 1 aromatic carbocycles. The molecule has 7 nitrogen and oxygen atoms in total. The minimum absolute atomic E-state index is 0.0217. The van der Waals surface area contributed by atoms with Crippen LogP contribution in [-0.4, -0.2) is 47.7 Å². The zero-order chi connectivity index (χ0) is 23.9. The summed E-state index contributed by atoms with van der Waals surface area (Å²) in [6.45, 7) is 2.00. The van der Waals surface area contributed by atoms with Gasteiger partial charge in [0.2, 0.25) is 5.91 Å². The van der Waals surface area contributed by atoms with Crippen LogP contribution in [-0.2, 0) is 14.6 Å². The van der Waals surface area contributed by atoms with Crippen molar-refractivity contribution in [3.8, 4) is 0 Å². The predicted octanol–water partition coefficient (Wildman–Crippen LogP) is 4.60. The second-order valence-electron chi connectivity index (χ2n) is 9.53. The Balaban J connectivity index is 1.29. The van der Waals surface area contributed by atoms with Crippen LogP contribution in [0.2, 0.25) is 0 Å². The molecule has 1 amide bonds. The van der Waals surface area contributed by atoms with E-state index in [4.69, 9.17) is 0 Å². The van der Waals surface area contributed by atoms with Crippen LogP contribution in [0, 0.1) is 5.92 Å². The van der Waals surface area contributed by atoms with Gasteiger partial charge in [-0.1, -0.05) is 12.1 Å². The van der Waals surface area contributed by atoms with E-state index in [2.05, 4.69) is 15.3 Å². The Morgan fingerprint density at radius 2 is 1.76 bits per heavy atom. The van der Waals surface area contributed by atoms with E-state index in [0.29, 0.717) is 18.8 Å². The van der Waals surface area contributed by atoms with Crippen LogP contribution in [0.4, 0.5) is 11.4 Å². The molecular formula is C26H30N4O3S. The van der Waals surface area contributed by atoms with Gasteiger partial charge in [-0.05, 0) is 68.4 Å². The molecule has 1 saturated carbocycles. The monoisotopic (exact) mass is 478 g/mol. The SMILES string of the molecule is C[C@H](c1ccc(Nc2cnc3cccnc3c2C2CC2)cc1)N(C)C(=O)C1CCS(=O)(=O)CC1. The van der Waals surface area contributed by atoms with Gasteiger partial charge in [-0.3, -0.25) is 14.8 Å². The molecule has 5 rings (SSSR count). The molecular weight excluding hydrogens is 448 g/mol. The van der Waals surface area contributed by atoms with Gasteiger partial charge in [-0.2, -0.15) is 0 Å². The summed E-state index contributed by atoms with van der Waals surface area (Å²) in [5.41, 5.74) is 6.11. The molecule has 2 fully saturated rings. The van der Waals surface area contributed by atoms with Crippen molar-refractivity contribution in [3.05, 3.63) is 59.9 Å². The van der Waals surface area contributed by atoms with Crippen molar-refractivity contribution in [1.29, 1.82) is 0 Å². The first-order valence-corrected chi connectivity index (χ1v) is 13.7. The molecule has 1 N–H and O–H groups in total. The van der Waals surface area contributed by atoms with Crippen molar-refractivity contribution < 1.29 is 13.2 Å². The highest BCUT2D eigenvalue weighted by Crippen LogP contribution is 2.46. The molecule has 3 heterocycles. The summed E-state index contributed by atoms with van der Waals surface area (Å²) in [4.78, 5) is 23.9. The van der Waals surface area contributed by atoms with Gasteiger partial charge in [0.05, 0.1) is 40.5 Å². The van der Waals surface area contributed by atoms with Gasteiger partial charge in [0.25, 0.3) is 0 Å². The average Bonchev–Trinajstić information content (AvgIpc) is 3.68. The number of anilines is 2. The molecule has 34 heavy (non-hydrogen) atoms. The molecule has 178 valence electrons. The highest BCUT2D eigenvalue weighted by molar-refractivity contribution is 7.91. The third-order valence-corrected chi connectivity index (χ3v) is 8.87. The first-order valence-electron chi connectivity index (χ1n) is 11.9. The Labute approximate surface area is 200 Å². The van der Waals surface area contributed by atoms with E-state index in [-0.39, 0.29) is 29.4 Å². The number of nitrogens with zero attached hydrogens (tertiary/aromatic N) is 3. The molecule has 2 aliphatic rings. The first kappa shape index (κ1) is 22.8. The van der Waals surface area contributed by atoms with Crippen LogP contribution in [0.15, 0.2) is 48.8 Å². The summed E-state index contributed by atoms with van der Waals surface area (Å²) in [5, 5.41) is 3.52. The van der Waals surface area contributed by atoms with Gasteiger partial charge in [-0.25, -0.2) is 8.42 Å². The predicted molar refractivity (Wildman–Crippen MR) is 134 cm³/mol. The maximum atomic E-state index is 13.0. The van der Waals surface area contributed by atoms with Gasteiger partial charge in [0.15, 0.2) is 0 Å². The van der Waals surface area contributed by atoms with E-state index >= 15 is 0 Å². The number of fused-ring (bicyclic) bond motifs is 1. The van der Waals surface area contributed by atoms with Gasteiger partial charge in [0, 0.05) is 30.4 Å². The lowest BCUT2D eigenvalue weighted by Crippen LogP contribution is -2.38. The third kappa shape index (κ3) is 4.64. The number of benzene rings is 1. The van der Waals surface area contributed by atoms with Crippen molar-refractivity contribution in [3.63, 3.8) is 0 Å². The third-order valence-electron chi connectivity index (χ3n) is 7.15. The number of aromatic nitrogens is 2. The molecule has 1 saturated heterocycles. The Bertz CT molecular complexity index is 1310. The molecule has 3 aromatic rings. The van der Waals surface area contributed by atoms with Crippen LogP contribution >= 0.6 is 0 Å². The summed E-state index contributed by atoms with van der Waals surface area (Å²) in [5.74, 6) is 0.541. The Morgan fingerprint density at radius 3 is 2.44 bits per heavy atom. The molecule has 1 atom stereocenters. The summed E-state index contributed by atoms with van der Waals surface area (Å²) < 4.78 is 23.4. The molecule has 1 aliphatic carbocycles. The van der Waals surface area contributed by atoms with Crippen molar-refractivity contribution >= 4 is 38.2 Å². The molecule has 0 radical (unpaired) electrons. The van der Waals surface area contributed by atoms with Crippen molar-refractivity contribution in [2.24, 2.45) is 5.92 Å². The van der Waals surface area contributed by atoms with Crippen molar-refractivity contribution in [2.75, 3.05) is 23.9 Å². The second kappa shape index (κ2) is 8.98. The van der Waals surface area contributed by atoms with Crippen LogP contribution in [0.25, 0.3) is 11.0 Å². The van der Waals surface area contributed by atoms with Gasteiger partial charge in [-0.15, -0.1) is 0 Å². The van der Waals surface area contributed by atoms with E-state index in [1.807, 2.05) is 55.7 Å². The number of amides is 1. The van der Waals surface area contributed by atoms with Crippen LogP contribution in [0.1, 0.15) is 55.7 Å². The Kier molecular flexibility index (Phi) is 6.02. The number of hydrogen-bond acceptors (Lipinski definition) is 6. The number of nitrogens with one attached hydrogen (secondary N) is 1. The highest BCUT2D eigenvalue weighted by Gasteiger charge is 2.32. The largest absolute Gasteiger partial charge is 0.354 e. The normalized spacial score (nSPS) is 19.0. The van der Waals surface area contributed by atoms with Crippen LogP contribution in [0.3, 0.4) is 0 Å². The zero-order valence-electron chi connectivity index (χ0n) is 19.6. The molecule has 0 unspecified atom stereocenters. The number of hydrogen-bond donors (Lipinski definition) is 1. The van der Waals surface area contributed by atoms with Crippen molar-refractivity contribution in [1.82, 2.24) is 14.9 Å². The number of sulfone groups is 1. The molecule has 2 aromatic heterocycles. The zero-order valence-corrected chi connectivity index (χ0v) is 20.4. The van der Waals surface area contributed by atoms with E-state index in [1.165, 1.54) is 18.4 Å². The molecule has 0 spiro atoms. The fourth-order valence-electron chi connectivity index (χ4n) is 4.76. The van der Waals surface area contributed by atoms with Crippen LogP contribution in [0.5, 0.6) is 0 Å². The van der Waals surface area contributed by atoms with E-state index in [0.717, 1.165) is 28.0 Å². The Hall–Kier alpha value is -3.00. The van der Waals surface area contributed by atoms with Crippen LogP contribution < -0.4 is 5.32 Å². The first-order chi connectivity index (χ1) is 16.3. The Morgan fingerprint density at radius 1 is 1.06 bits per heavy atom. The number of carbonyl (C=O) groups excluding carboxylic acids is 1. The number of pyridine rings is 2. The number of carbonyl (C=O) groups is 1. The topological polar surface area (TPSA) is 92.3 Å². The van der Waals surface area contributed by atoms with Gasteiger partial charge < -0.3 is 10.2 Å². The minimum atomic E-state index is -2.98. The fraction of sp³-hybridized carbons (Fsp3) is 0.423. The number of rotatable bonds is 6. The highest BCUT2D eigenvalue weighted by atomic mass is 32.2. The maximum absolute atomic E-state index is 13.0. The summed E-state index contributed by atoms with van der Waals surface area (Å²) >= 11 is 0. The summed E-state index contributed by atoms with van der Waals surface area (Å²) in [7, 11) is -1.18. The molecule has 0 bridgehead atoms. The summed E-state index contributed by atoms with van der Waals surface area (Å²) in [6, 6.07) is 11.9.